The third-order valence-corrected chi connectivity index (χ3v) is 4.86. The number of rotatable bonds is 3. The second kappa shape index (κ2) is 5.46. The Bertz CT molecular complexity index is 557. The molecule has 18 heavy (non-hydrogen) atoms. The summed E-state index contributed by atoms with van der Waals surface area (Å²) in [6.07, 6.45) is 3.31. The normalized spacial score (nSPS) is 20.3. The van der Waals surface area contributed by atoms with Crippen molar-refractivity contribution in [3.8, 4) is 6.07 Å². The second-order valence-electron chi connectivity index (χ2n) is 4.46. The summed E-state index contributed by atoms with van der Waals surface area (Å²) >= 11 is 0. The number of hydrogen-bond donors (Lipinski definition) is 1. The molecule has 0 radical (unpaired) electrons. The molecule has 1 saturated heterocycles. The molecule has 0 unspecified atom stereocenters. The second-order valence-corrected chi connectivity index (χ2v) is 6.41. The molecule has 0 spiro atoms. The lowest BCUT2D eigenvalue weighted by molar-refractivity contribution is 0.403. The summed E-state index contributed by atoms with van der Waals surface area (Å²) in [5.41, 5.74) is 0.126. The third-order valence-electron chi connectivity index (χ3n) is 3.04. The molecule has 0 aromatic carbocycles. The molecule has 1 fully saturated rings. The maximum Gasteiger partial charge on any atom is 0.197 e. The molecule has 1 aliphatic rings. The average molecular weight is 265 g/mol. The summed E-state index contributed by atoms with van der Waals surface area (Å²) < 4.78 is 24.5. The number of piperidine rings is 1. The minimum Gasteiger partial charge on any atom is -0.316 e. The first-order chi connectivity index (χ1) is 8.63. The summed E-state index contributed by atoms with van der Waals surface area (Å²) in [5.74, 6) is 0.170. The van der Waals surface area contributed by atoms with Gasteiger partial charge in [-0.25, -0.2) is 13.4 Å². The lowest BCUT2D eigenvalue weighted by Crippen LogP contribution is -2.34. The van der Waals surface area contributed by atoms with Gasteiger partial charge in [0.2, 0.25) is 0 Å². The number of pyridine rings is 1. The topological polar surface area (TPSA) is 82.8 Å². The number of nitriles is 1. The van der Waals surface area contributed by atoms with Crippen LogP contribution in [0.5, 0.6) is 0 Å². The molecule has 0 saturated carbocycles. The summed E-state index contributed by atoms with van der Waals surface area (Å²) in [6, 6.07) is 4.94. The predicted molar refractivity (Wildman–Crippen MR) is 66.6 cm³/mol. The van der Waals surface area contributed by atoms with E-state index in [0.29, 0.717) is 6.54 Å². The zero-order valence-electron chi connectivity index (χ0n) is 9.96. The highest BCUT2D eigenvalue weighted by Crippen LogP contribution is 2.19. The van der Waals surface area contributed by atoms with Gasteiger partial charge in [-0.05, 0) is 44.0 Å². The molecule has 1 aliphatic heterocycles. The highest BCUT2D eigenvalue weighted by atomic mass is 32.2. The van der Waals surface area contributed by atoms with Crippen molar-refractivity contribution in [2.75, 3.05) is 18.8 Å². The number of sulfone groups is 1. The van der Waals surface area contributed by atoms with Crippen LogP contribution in [0.25, 0.3) is 0 Å². The van der Waals surface area contributed by atoms with E-state index in [-0.39, 0.29) is 22.3 Å². The Morgan fingerprint density at radius 2 is 2.39 bits per heavy atom. The molecule has 2 heterocycles. The Kier molecular flexibility index (Phi) is 3.94. The van der Waals surface area contributed by atoms with Gasteiger partial charge in [0.05, 0.1) is 11.3 Å². The van der Waals surface area contributed by atoms with Crippen LogP contribution in [-0.4, -0.2) is 32.2 Å². The molecule has 0 amide bonds. The van der Waals surface area contributed by atoms with E-state index in [4.69, 9.17) is 5.26 Å². The fourth-order valence-electron chi connectivity index (χ4n) is 2.18. The quantitative estimate of drug-likeness (QED) is 0.871. The van der Waals surface area contributed by atoms with E-state index in [0.717, 1.165) is 19.4 Å². The molecule has 2 rings (SSSR count). The molecule has 1 atom stereocenters. The minimum atomic E-state index is -3.48. The van der Waals surface area contributed by atoms with Crippen molar-refractivity contribution < 1.29 is 8.42 Å². The van der Waals surface area contributed by atoms with Crippen LogP contribution >= 0.6 is 0 Å². The van der Waals surface area contributed by atoms with Gasteiger partial charge in [-0.3, -0.25) is 0 Å². The molecule has 96 valence electrons. The molecule has 1 N–H and O–H groups in total. The van der Waals surface area contributed by atoms with Crippen molar-refractivity contribution in [1.29, 1.82) is 5.26 Å². The Balaban J connectivity index is 2.22. The van der Waals surface area contributed by atoms with Crippen molar-refractivity contribution in [2.24, 2.45) is 5.92 Å². The molecule has 1 aromatic heterocycles. The zero-order chi connectivity index (χ0) is 13.0. The number of nitrogens with one attached hydrogen (secondary N) is 1. The maximum atomic E-state index is 12.2. The molecule has 6 heteroatoms. The van der Waals surface area contributed by atoms with Crippen molar-refractivity contribution in [2.45, 2.75) is 17.9 Å². The largest absolute Gasteiger partial charge is 0.316 e. The van der Waals surface area contributed by atoms with E-state index in [2.05, 4.69) is 10.3 Å². The van der Waals surface area contributed by atoms with Gasteiger partial charge in [0.25, 0.3) is 0 Å². The summed E-state index contributed by atoms with van der Waals surface area (Å²) in [6.45, 7) is 1.66. The van der Waals surface area contributed by atoms with Gasteiger partial charge in [-0.1, -0.05) is 0 Å². The van der Waals surface area contributed by atoms with Crippen molar-refractivity contribution in [3.63, 3.8) is 0 Å². The summed E-state index contributed by atoms with van der Waals surface area (Å²) in [4.78, 5) is 3.86. The lowest BCUT2D eigenvalue weighted by atomic mass is 10.0. The lowest BCUT2D eigenvalue weighted by Gasteiger charge is -2.22. The molecule has 0 bridgehead atoms. The Morgan fingerprint density at radius 3 is 3.06 bits per heavy atom. The van der Waals surface area contributed by atoms with Crippen molar-refractivity contribution in [3.05, 3.63) is 23.9 Å². The van der Waals surface area contributed by atoms with Crippen LogP contribution in [0.4, 0.5) is 0 Å². The average Bonchev–Trinajstić information content (AvgIpc) is 2.39. The minimum absolute atomic E-state index is 0.0612. The standard InChI is InChI=1S/C12H15N3O2S/c13-7-11-4-2-6-15-12(11)18(16,17)9-10-3-1-5-14-8-10/h2,4,6,10,14H,1,3,5,8-9H2/t10-/m0/s1. The van der Waals surface area contributed by atoms with E-state index in [1.807, 2.05) is 6.07 Å². The molecular formula is C12H15N3O2S. The number of aromatic nitrogens is 1. The molecular weight excluding hydrogens is 250 g/mol. The number of nitrogens with zero attached hydrogens (tertiary/aromatic N) is 2. The number of hydrogen-bond acceptors (Lipinski definition) is 5. The van der Waals surface area contributed by atoms with Crippen LogP contribution in [0, 0.1) is 17.2 Å². The first-order valence-electron chi connectivity index (χ1n) is 5.92. The smallest absolute Gasteiger partial charge is 0.197 e. The van der Waals surface area contributed by atoms with Crippen LogP contribution in [0.3, 0.4) is 0 Å². The van der Waals surface area contributed by atoms with Gasteiger partial charge in [0.15, 0.2) is 14.9 Å². The van der Waals surface area contributed by atoms with Gasteiger partial charge in [-0.15, -0.1) is 0 Å². The van der Waals surface area contributed by atoms with Crippen LogP contribution in [0.1, 0.15) is 18.4 Å². The van der Waals surface area contributed by atoms with Crippen molar-refractivity contribution in [1.82, 2.24) is 10.3 Å². The maximum absolute atomic E-state index is 12.2. The van der Waals surface area contributed by atoms with Crippen LogP contribution in [0.2, 0.25) is 0 Å². The molecule has 5 nitrogen and oxygen atoms in total. The van der Waals surface area contributed by atoms with Gasteiger partial charge >= 0.3 is 0 Å². The molecule has 1 aromatic rings. The Hall–Kier alpha value is -1.45. The highest BCUT2D eigenvalue weighted by molar-refractivity contribution is 7.91. The van der Waals surface area contributed by atoms with E-state index in [9.17, 15) is 8.42 Å². The fraction of sp³-hybridized carbons (Fsp3) is 0.500. The van der Waals surface area contributed by atoms with Crippen LogP contribution < -0.4 is 5.32 Å². The monoisotopic (exact) mass is 265 g/mol. The van der Waals surface area contributed by atoms with Crippen molar-refractivity contribution >= 4 is 9.84 Å². The predicted octanol–water partition coefficient (Wildman–Crippen LogP) is 0.727. The van der Waals surface area contributed by atoms with Gasteiger partial charge < -0.3 is 5.32 Å². The van der Waals surface area contributed by atoms with Gasteiger partial charge in [0, 0.05) is 6.20 Å². The van der Waals surface area contributed by atoms with Crippen LogP contribution in [-0.2, 0) is 9.84 Å². The van der Waals surface area contributed by atoms with E-state index in [1.165, 1.54) is 12.3 Å². The molecule has 0 aliphatic carbocycles. The van der Waals surface area contributed by atoms with E-state index < -0.39 is 9.84 Å². The van der Waals surface area contributed by atoms with Crippen LogP contribution in [0.15, 0.2) is 23.4 Å². The highest BCUT2D eigenvalue weighted by Gasteiger charge is 2.26. The first-order valence-corrected chi connectivity index (χ1v) is 7.57. The van der Waals surface area contributed by atoms with E-state index >= 15 is 0 Å². The third kappa shape index (κ3) is 2.86. The summed E-state index contributed by atoms with van der Waals surface area (Å²) in [5, 5.41) is 12.0. The zero-order valence-corrected chi connectivity index (χ0v) is 10.8. The van der Waals surface area contributed by atoms with Gasteiger partial charge in [0.1, 0.15) is 6.07 Å². The van der Waals surface area contributed by atoms with E-state index in [1.54, 1.807) is 6.07 Å². The SMILES string of the molecule is N#Cc1cccnc1S(=O)(=O)C[C@H]1CCCNC1. The Labute approximate surface area is 107 Å². The Morgan fingerprint density at radius 1 is 1.56 bits per heavy atom. The summed E-state index contributed by atoms with van der Waals surface area (Å²) in [7, 11) is -3.48. The van der Waals surface area contributed by atoms with Gasteiger partial charge in [-0.2, -0.15) is 5.26 Å². The first kappa shape index (κ1) is 13.0. The fourth-order valence-corrected chi connectivity index (χ4v) is 3.91.